The second kappa shape index (κ2) is 10.4. The topological polar surface area (TPSA) is 85.3 Å². The van der Waals surface area contributed by atoms with Crippen LogP contribution in [0.15, 0.2) is 42.7 Å². The average Bonchev–Trinajstić information content (AvgIpc) is 3.07. The number of carbonyl (C=O) groups excluding carboxylic acids is 2. The van der Waals surface area contributed by atoms with Crippen molar-refractivity contribution in [3.05, 3.63) is 54.1 Å². The largest absolute Gasteiger partial charge is 0.445 e. The van der Waals surface area contributed by atoms with Crippen molar-refractivity contribution in [3.63, 3.8) is 0 Å². The first-order valence-electron chi connectivity index (χ1n) is 9.20. The van der Waals surface area contributed by atoms with Gasteiger partial charge in [0.1, 0.15) is 18.5 Å². The van der Waals surface area contributed by atoms with E-state index in [4.69, 9.17) is 4.74 Å². The highest BCUT2D eigenvalue weighted by Gasteiger charge is 2.24. The highest BCUT2D eigenvalue weighted by atomic mass is 16.5. The second-order valence-electron chi connectivity index (χ2n) is 6.74. The average molecular weight is 372 g/mol. The number of carbonyl (C=O) groups is 2. The molecule has 0 aliphatic heterocycles. The third-order valence-electron chi connectivity index (χ3n) is 4.23. The van der Waals surface area contributed by atoms with Crippen molar-refractivity contribution in [2.45, 2.75) is 46.4 Å². The molecule has 0 saturated carbocycles. The van der Waals surface area contributed by atoms with E-state index in [0.29, 0.717) is 6.54 Å². The first kappa shape index (κ1) is 20.5. The maximum Gasteiger partial charge on any atom is 0.408 e. The van der Waals surface area contributed by atoms with Crippen LogP contribution in [0.25, 0.3) is 0 Å². The summed E-state index contributed by atoms with van der Waals surface area (Å²) in [6.45, 7) is 7.19. The SMILES string of the molecule is Cc1nccn1CCCNC(=O)[C@@H](NC(=O)OCc1ccccc1)C(C)C. The van der Waals surface area contributed by atoms with Gasteiger partial charge >= 0.3 is 6.09 Å². The Morgan fingerprint density at radius 1 is 1.22 bits per heavy atom. The second-order valence-corrected chi connectivity index (χ2v) is 6.74. The van der Waals surface area contributed by atoms with Gasteiger partial charge in [-0.25, -0.2) is 9.78 Å². The summed E-state index contributed by atoms with van der Waals surface area (Å²) >= 11 is 0. The maximum absolute atomic E-state index is 12.4. The molecule has 1 atom stereocenters. The number of ether oxygens (including phenoxy) is 1. The molecule has 0 aliphatic rings. The van der Waals surface area contributed by atoms with Gasteiger partial charge in [0, 0.05) is 25.5 Å². The minimum absolute atomic E-state index is 0.0508. The quantitative estimate of drug-likeness (QED) is 0.663. The molecule has 2 N–H and O–H groups in total. The zero-order valence-corrected chi connectivity index (χ0v) is 16.1. The molecule has 1 aromatic carbocycles. The van der Waals surface area contributed by atoms with E-state index in [1.807, 2.05) is 61.9 Å². The zero-order valence-electron chi connectivity index (χ0n) is 16.1. The minimum Gasteiger partial charge on any atom is -0.445 e. The molecule has 2 aromatic rings. The van der Waals surface area contributed by atoms with E-state index in [0.717, 1.165) is 24.4 Å². The van der Waals surface area contributed by atoms with Gasteiger partial charge in [-0.1, -0.05) is 44.2 Å². The standard InChI is InChI=1S/C20H28N4O3/c1-15(2)18(23-20(26)27-14-17-8-5-4-6-9-17)19(25)22-10-7-12-24-13-11-21-16(24)3/h4-6,8-9,11,13,15,18H,7,10,12,14H2,1-3H3,(H,22,25)(H,23,26)/t18-/m0/s1. The number of nitrogens with zero attached hydrogens (tertiary/aromatic N) is 2. The molecule has 27 heavy (non-hydrogen) atoms. The molecule has 1 aromatic heterocycles. The fraction of sp³-hybridized carbons (Fsp3) is 0.450. The molecule has 0 spiro atoms. The molecule has 2 rings (SSSR count). The Morgan fingerprint density at radius 3 is 2.59 bits per heavy atom. The molecule has 0 fully saturated rings. The van der Waals surface area contributed by atoms with Gasteiger partial charge in [-0.05, 0) is 24.8 Å². The van der Waals surface area contributed by atoms with Crippen LogP contribution in [-0.2, 0) is 22.7 Å². The van der Waals surface area contributed by atoms with Crippen LogP contribution in [-0.4, -0.2) is 34.1 Å². The van der Waals surface area contributed by atoms with Gasteiger partial charge in [0.05, 0.1) is 0 Å². The molecule has 7 heteroatoms. The Kier molecular flexibility index (Phi) is 7.85. The van der Waals surface area contributed by atoms with Crippen LogP contribution in [0.1, 0.15) is 31.7 Å². The summed E-state index contributed by atoms with van der Waals surface area (Å²) in [6, 6.07) is 8.78. The predicted molar refractivity (Wildman–Crippen MR) is 103 cm³/mol. The molecule has 0 saturated heterocycles. The van der Waals surface area contributed by atoms with E-state index < -0.39 is 12.1 Å². The molecule has 0 unspecified atom stereocenters. The van der Waals surface area contributed by atoms with Gasteiger partial charge in [0.25, 0.3) is 0 Å². The highest BCUT2D eigenvalue weighted by molar-refractivity contribution is 5.85. The fourth-order valence-electron chi connectivity index (χ4n) is 2.64. The van der Waals surface area contributed by atoms with Crippen LogP contribution in [0.3, 0.4) is 0 Å². The van der Waals surface area contributed by atoms with Crippen LogP contribution in [0.4, 0.5) is 4.79 Å². The van der Waals surface area contributed by atoms with E-state index >= 15 is 0 Å². The molecule has 1 heterocycles. The van der Waals surface area contributed by atoms with Gasteiger partial charge in [0.15, 0.2) is 0 Å². The normalized spacial score (nSPS) is 11.9. The highest BCUT2D eigenvalue weighted by Crippen LogP contribution is 2.05. The summed E-state index contributed by atoms with van der Waals surface area (Å²) in [5, 5.41) is 5.54. The summed E-state index contributed by atoms with van der Waals surface area (Å²) in [5.74, 6) is 0.693. The fourth-order valence-corrected chi connectivity index (χ4v) is 2.64. The summed E-state index contributed by atoms with van der Waals surface area (Å²) in [7, 11) is 0. The summed E-state index contributed by atoms with van der Waals surface area (Å²) in [4.78, 5) is 28.6. The van der Waals surface area contributed by atoms with Crippen LogP contribution in [0.2, 0.25) is 0 Å². The number of amides is 2. The van der Waals surface area contributed by atoms with Crippen molar-refractivity contribution in [1.82, 2.24) is 20.2 Å². The minimum atomic E-state index is -0.636. The predicted octanol–water partition coefficient (Wildman–Crippen LogP) is 2.65. The smallest absolute Gasteiger partial charge is 0.408 e. The summed E-state index contributed by atoms with van der Waals surface area (Å²) in [6.07, 6.45) is 3.86. The third kappa shape index (κ3) is 6.77. The lowest BCUT2D eigenvalue weighted by Gasteiger charge is -2.21. The number of rotatable bonds is 9. The van der Waals surface area contributed by atoms with Gasteiger partial charge in [-0.15, -0.1) is 0 Å². The number of aryl methyl sites for hydroxylation is 2. The van der Waals surface area contributed by atoms with E-state index in [-0.39, 0.29) is 18.4 Å². The molecule has 0 radical (unpaired) electrons. The lowest BCUT2D eigenvalue weighted by molar-refractivity contribution is -0.124. The van der Waals surface area contributed by atoms with Crippen molar-refractivity contribution in [2.75, 3.05) is 6.54 Å². The number of imidazole rings is 1. The molecule has 0 aliphatic carbocycles. The van der Waals surface area contributed by atoms with Crippen molar-refractivity contribution in [3.8, 4) is 0 Å². The molecule has 146 valence electrons. The Balaban J connectivity index is 1.74. The Hall–Kier alpha value is -2.83. The number of hydrogen-bond donors (Lipinski definition) is 2. The van der Waals surface area contributed by atoms with Crippen molar-refractivity contribution >= 4 is 12.0 Å². The summed E-state index contributed by atoms with van der Waals surface area (Å²) in [5.41, 5.74) is 0.896. The Bertz CT molecular complexity index is 728. The number of nitrogens with one attached hydrogen (secondary N) is 2. The van der Waals surface area contributed by atoms with E-state index in [9.17, 15) is 9.59 Å². The number of aromatic nitrogens is 2. The molecule has 0 bridgehead atoms. The van der Waals surface area contributed by atoms with Crippen molar-refractivity contribution in [2.24, 2.45) is 5.92 Å². The molecular weight excluding hydrogens is 344 g/mol. The first-order chi connectivity index (χ1) is 13.0. The van der Waals surface area contributed by atoms with E-state index in [1.54, 1.807) is 6.20 Å². The van der Waals surface area contributed by atoms with Crippen LogP contribution in [0.5, 0.6) is 0 Å². The van der Waals surface area contributed by atoms with Gasteiger partial charge in [-0.3, -0.25) is 4.79 Å². The van der Waals surface area contributed by atoms with Crippen molar-refractivity contribution < 1.29 is 14.3 Å². The van der Waals surface area contributed by atoms with Crippen molar-refractivity contribution in [1.29, 1.82) is 0 Å². The molecular formula is C20H28N4O3. The number of hydrogen-bond acceptors (Lipinski definition) is 4. The van der Waals surface area contributed by atoms with E-state index in [2.05, 4.69) is 15.6 Å². The molecule has 7 nitrogen and oxygen atoms in total. The van der Waals surface area contributed by atoms with Gasteiger partial charge in [0.2, 0.25) is 5.91 Å². The van der Waals surface area contributed by atoms with Gasteiger partial charge < -0.3 is 19.9 Å². The number of benzene rings is 1. The van der Waals surface area contributed by atoms with Crippen LogP contribution >= 0.6 is 0 Å². The van der Waals surface area contributed by atoms with Gasteiger partial charge in [-0.2, -0.15) is 0 Å². The maximum atomic E-state index is 12.4. The van der Waals surface area contributed by atoms with E-state index in [1.165, 1.54) is 0 Å². The van der Waals surface area contributed by atoms with Crippen LogP contribution < -0.4 is 10.6 Å². The monoisotopic (exact) mass is 372 g/mol. The Morgan fingerprint density at radius 2 is 1.96 bits per heavy atom. The molecule has 2 amide bonds. The summed E-state index contributed by atoms with van der Waals surface area (Å²) < 4.78 is 7.24. The zero-order chi connectivity index (χ0) is 19.6. The Labute approximate surface area is 160 Å². The number of alkyl carbamates (subject to hydrolysis) is 1. The van der Waals surface area contributed by atoms with Crippen LogP contribution in [0, 0.1) is 12.8 Å². The lowest BCUT2D eigenvalue weighted by atomic mass is 10.0. The first-order valence-corrected chi connectivity index (χ1v) is 9.20. The third-order valence-corrected chi connectivity index (χ3v) is 4.23. The lowest BCUT2D eigenvalue weighted by Crippen LogP contribution is -2.50.